The topological polar surface area (TPSA) is 197 Å². The van der Waals surface area contributed by atoms with E-state index in [1.54, 1.807) is 0 Å². The first kappa shape index (κ1) is 66.2. The van der Waals surface area contributed by atoms with E-state index in [2.05, 4.69) is 114 Å². The number of carbonyl (C=O) groups is 3. The Bertz CT molecular complexity index is 3330. The first-order chi connectivity index (χ1) is 39.7. The molecule has 3 atom stereocenters. The van der Waals surface area contributed by atoms with Gasteiger partial charge in [-0.25, -0.2) is 0 Å². The number of carbonyl (C=O) groups excluding carboxylic acids is 2. The molecular formula is C68H100As2N2O15. The molecule has 2 spiro atoms. The van der Waals surface area contributed by atoms with Gasteiger partial charge >= 0.3 is 453 Å². The molecule has 4 fully saturated rings. The fourth-order valence-corrected chi connectivity index (χ4v) is 37.8. The number of hydrogen-bond donors (Lipinski definition) is 2. The SMILES string of the molecule is CCC(COCCCNC(=O)c1ccc(C2=c3cc4c(c([As]56(OC(C)(C)C(C)(C)O5)OC(C)(C)C(C)(C)O6)c3Oc3c2cc2c(c3[As]35(OC(C)(C)C(C)(C)O3)OC(C)(C)C(C)(C)O5)CC(C)(C)CC2C)=NC(C)(C)CC4C)cc1)OC(=O)CCC(=O)O. The van der Waals surface area contributed by atoms with Crippen LogP contribution in [0, 0.1) is 5.41 Å². The number of benzene rings is 3. The van der Waals surface area contributed by atoms with Gasteiger partial charge in [0.2, 0.25) is 0 Å². The van der Waals surface area contributed by atoms with Gasteiger partial charge in [0.25, 0.3) is 0 Å². The summed E-state index contributed by atoms with van der Waals surface area (Å²) in [6.45, 7) is 49.0. The third-order valence-electron chi connectivity index (χ3n) is 20.6. The van der Waals surface area contributed by atoms with Crippen LogP contribution in [0.2, 0.25) is 0 Å². The number of carboxylic acid groups (broad SMARTS) is 1. The van der Waals surface area contributed by atoms with Gasteiger partial charge in [0.05, 0.1) is 19.4 Å². The first-order valence-electron chi connectivity index (χ1n) is 31.5. The quantitative estimate of drug-likeness (QED) is 0.0647. The van der Waals surface area contributed by atoms with Gasteiger partial charge in [0.15, 0.2) is 0 Å². The second-order valence-corrected chi connectivity index (χ2v) is 43.0. The van der Waals surface area contributed by atoms with E-state index in [0.717, 1.165) is 51.5 Å². The van der Waals surface area contributed by atoms with E-state index in [1.165, 1.54) is 0 Å². The number of fused-ring (bicyclic) bond motifs is 4. The van der Waals surface area contributed by atoms with E-state index in [9.17, 15) is 14.4 Å². The van der Waals surface area contributed by atoms with Crippen LogP contribution in [0.1, 0.15) is 248 Å². The van der Waals surface area contributed by atoms with Crippen LogP contribution >= 0.6 is 0 Å². The number of nitrogens with one attached hydrogen (secondary N) is 1. The Morgan fingerprint density at radius 2 is 1.13 bits per heavy atom. The molecular weight excluding hydrogens is 1230 g/mol. The smallest absolute Gasteiger partial charge is 0.306 e. The van der Waals surface area contributed by atoms with E-state index in [0.29, 0.717) is 63.5 Å². The van der Waals surface area contributed by atoms with E-state index in [-0.39, 0.29) is 42.6 Å². The van der Waals surface area contributed by atoms with Crippen molar-refractivity contribution in [3.05, 3.63) is 80.4 Å². The molecule has 3 unspecified atom stereocenters. The van der Waals surface area contributed by atoms with Crippen molar-refractivity contribution in [3.63, 3.8) is 0 Å². The zero-order chi connectivity index (χ0) is 64.4. The molecule has 3 aromatic rings. The minimum absolute atomic E-state index is 0.0106. The van der Waals surface area contributed by atoms with Crippen molar-refractivity contribution in [2.45, 2.75) is 272 Å². The number of ether oxygens (including phenoxy) is 3. The molecule has 7 aliphatic rings. The van der Waals surface area contributed by atoms with Crippen molar-refractivity contribution >= 4 is 59.8 Å². The Morgan fingerprint density at radius 3 is 1.61 bits per heavy atom. The van der Waals surface area contributed by atoms with Crippen molar-refractivity contribution < 1.29 is 63.5 Å². The number of aliphatic carboxylic acids is 1. The summed E-state index contributed by atoms with van der Waals surface area (Å²) in [6.07, 6.45) is 2.32. The molecule has 0 aromatic heterocycles. The standard InChI is InChI=1S/C68H100As2N2O15/c1-24-44(78-51(75)31-30-50(73)74)39-77-33-25-32-71-58(76)43-28-26-42(27-29-43)52-47-34-45-40(2)36-59(4,5)38-49(45)53(69(80-61(8,9)62(10,11)81-69)82-63(12,13)64(14,15)83-69)56(47)79-57-48(52)35-46-41(3)37-60(6,7)72-55(46)54(57)70(84-65(16,17)66(18,19)85-70)86-67(20,21)68(22,23)87-70/h26-29,34-35,40-41,44H,24-25,30-33,36-39H2,1-23H3,(H,71,76)(H,73,74). The summed E-state index contributed by atoms with van der Waals surface area (Å²) in [4.78, 5) is 43.0. The van der Waals surface area contributed by atoms with Gasteiger partial charge in [-0.3, -0.25) is 9.59 Å². The molecule has 482 valence electrons. The molecule has 10 rings (SSSR count). The third kappa shape index (κ3) is 10.7. The fourth-order valence-electron chi connectivity index (χ4n) is 13.8. The average molecular weight is 1340 g/mol. The van der Waals surface area contributed by atoms with Crippen LogP contribution in [-0.4, -0.2) is 127 Å². The molecule has 6 heterocycles. The van der Waals surface area contributed by atoms with Gasteiger partial charge < -0.3 is 14.6 Å². The summed E-state index contributed by atoms with van der Waals surface area (Å²) in [5, 5.41) is 13.5. The number of hydrogen-bond acceptors (Lipinski definition) is 15. The van der Waals surface area contributed by atoms with Crippen molar-refractivity contribution in [3.8, 4) is 11.5 Å². The molecule has 0 saturated carbocycles. The number of amides is 1. The summed E-state index contributed by atoms with van der Waals surface area (Å²) in [5.74, 6) is -0.938. The summed E-state index contributed by atoms with van der Waals surface area (Å²) >= 11 is -12.2. The number of nitrogens with zero attached hydrogens (tertiary/aromatic N) is 1. The largest absolute Gasteiger partial charge is 0.481 e. The van der Waals surface area contributed by atoms with E-state index < -0.39 is 96.0 Å². The molecule has 0 bridgehead atoms. The van der Waals surface area contributed by atoms with Gasteiger partial charge in [-0.2, -0.15) is 0 Å². The molecule has 3 aromatic carbocycles. The fraction of sp³-hybridized carbons (Fsp3) is 0.676. The Morgan fingerprint density at radius 1 is 0.644 bits per heavy atom. The minimum atomic E-state index is -6.13. The molecule has 2 N–H and O–H groups in total. The molecule has 1 aliphatic carbocycles. The van der Waals surface area contributed by atoms with Crippen molar-refractivity contribution in [2.75, 3.05) is 19.8 Å². The predicted molar refractivity (Wildman–Crippen MR) is 336 cm³/mol. The van der Waals surface area contributed by atoms with E-state index in [1.807, 2.05) is 86.6 Å². The molecule has 0 radical (unpaired) electrons. The Balaban J connectivity index is 1.23. The number of esters is 1. The van der Waals surface area contributed by atoms with Crippen LogP contribution in [0.25, 0.3) is 5.57 Å². The summed E-state index contributed by atoms with van der Waals surface area (Å²) in [5.41, 5.74) is -2.29. The Kier molecular flexibility index (Phi) is 15.7. The van der Waals surface area contributed by atoms with Crippen molar-refractivity contribution in [1.29, 1.82) is 0 Å². The summed E-state index contributed by atoms with van der Waals surface area (Å²) in [7, 11) is 0. The van der Waals surface area contributed by atoms with Crippen molar-refractivity contribution in [2.24, 2.45) is 10.4 Å². The zero-order valence-corrected chi connectivity index (χ0v) is 60.0. The molecule has 4 saturated heterocycles. The van der Waals surface area contributed by atoms with Gasteiger partial charge in [0.1, 0.15) is 6.10 Å². The monoisotopic (exact) mass is 1330 g/mol. The van der Waals surface area contributed by atoms with Crippen molar-refractivity contribution in [1.82, 2.24) is 5.32 Å². The molecule has 17 nitrogen and oxygen atoms in total. The minimum Gasteiger partial charge on any atom is -0.481 e. The average Bonchev–Trinajstić information content (AvgIpc) is 1.53. The van der Waals surface area contributed by atoms with Crippen LogP contribution in [0.3, 0.4) is 0 Å². The van der Waals surface area contributed by atoms with E-state index in [4.69, 9.17) is 54.1 Å². The molecule has 6 aliphatic heterocycles. The third-order valence-corrected chi connectivity index (χ3v) is 38.5. The molecule has 1 amide bonds. The number of rotatable bonds is 15. The maximum atomic E-state index is 14.1. The van der Waals surface area contributed by atoms with Crippen LogP contribution in [-0.2, 0) is 55.3 Å². The summed E-state index contributed by atoms with van der Waals surface area (Å²) in [6, 6.07) is 12.3. The van der Waals surface area contributed by atoms with Gasteiger partial charge in [0, 0.05) is 6.61 Å². The number of carboxylic acids is 1. The molecule has 19 heteroatoms. The predicted octanol–water partition coefficient (Wildman–Crippen LogP) is 11.0. The van der Waals surface area contributed by atoms with Crippen LogP contribution in [0.15, 0.2) is 41.4 Å². The Labute approximate surface area is 520 Å². The van der Waals surface area contributed by atoms with Crippen LogP contribution in [0.5, 0.6) is 11.5 Å². The first-order valence-corrected chi connectivity index (χ1v) is 39.5. The van der Waals surface area contributed by atoms with Gasteiger partial charge in [-0.15, -0.1) is 0 Å². The maximum absolute atomic E-state index is 14.1. The van der Waals surface area contributed by atoms with Gasteiger partial charge in [-0.05, 0) is 6.42 Å². The second-order valence-electron chi connectivity index (χ2n) is 31.3. The maximum Gasteiger partial charge on any atom is 0.306 e. The second kappa shape index (κ2) is 20.6. The van der Waals surface area contributed by atoms with Crippen LogP contribution in [0.4, 0.5) is 0 Å². The zero-order valence-electron chi connectivity index (χ0n) is 56.3. The van der Waals surface area contributed by atoms with E-state index >= 15 is 0 Å². The normalized spacial score (nSPS) is 28.4. The summed E-state index contributed by atoms with van der Waals surface area (Å²) < 4.78 is 83.4. The van der Waals surface area contributed by atoms with Crippen LogP contribution < -0.4 is 29.3 Å². The van der Waals surface area contributed by atoms with Gasteiger partial charge in [-0.1, -0.05) is 6.92 Å². The molecule has 87 heavy (non-hydrogen) atoms. The Hall–Kier alpha value is -3.70.